The summed E-state index contributed by atoms with van der Waals surface area (Å²) in [5.74, 6) is 0.339. The van der Waals surface area contributed by atoms with Gasteiger partial charge in [-0.15, -0.1) is 11.6 Å². The summed E-state index contributed by atoms with van der Waals surface area (Å²) >= 11 is 5.50. The molecule has 1 heterocycles. The maximum Gasteiger partial charge on any atom is 0.272 e. The number of carbonyl (C=O) groups is 1. The van der Waals surface area contributed by atoms with Crippen LogP contribution in [0.4, 0.5) is 0 Å². The molecule has 0 aliphatic rings. The van der Waals surface area contributed by atoms with E-state index in [1.54, 1.807) is 4.68 Å². The van der Waals surface area contributed by atoms with Crippen LogP contribution in [0.1, 0.15) is 16.9 Å². The SMILES string of the molecule is Cn1nc(C(=O)NCCCOCCCl)c2ccccc21. The van der Waals surface area contributed by atoms with E-state index < -0.39 is 0 Å². The molecule has 1 amide bonds. The van der Waals surface area contributed by atoms with Gasteiger partial charge in [0.1, 0.15) is 0 Å². The van der Waals surface area contributed by atoms with Gasteiger partial charge in [-0.1, -0.05) is 18.2 Å². The Balaban J connectivity index is 1.91. The number of amides is 1. The number of hydrogen-bond acceptors (Lipinski definition) is 3. The molecule has 0 radical (unpaired) electrons. The fraction of sp³-hybridized carbons (Fsp3) is 0.429. The molecule has 0 spiro atoms. The molecule has 2 aromatic rings. The van der Waals surface area contributed by atoms with Gasteiger partial charge < -0.3 is 10.1 Å². The van der Waals surface area contributed by atoms with Gasteiger partial charge in [0.05, 0.1) is 12.1 Å². The molecule has 1 aromatic heterocycles. The molecule has 108 valence electrons. The van der Waals surface area contributed by atoms with Crippen LogP contribution >= 0.6 is 11.6 Å². The van der Waals surface area contributed by atoms with E-state index in [4.69, 9.17) is 16.3 Å². The Kier molecular flexibility index (Phi) is 5.38. The summed E-state index contributed by atoms with van der Waals surface area (Å²) in [6.45, 7) is 1.70. The third-order valence-corrected chi connectivity index (χ3v) is 3.10. The maximum atomic E-state index is 12.1. The van der Waals surface area contributed by atoms with E-state index in [0.29, 0.717) is 31.3 Å². The van der Waals surface area contributed by atoms with Gasteiger partial charge in [-0.05, 0) is 12.5 Å². The summed E-state index contributed by atoms with van der Waals surface area (Å²) < 4.78 is 6.96. The van der Waals surface area contributed by atoms with E-state index >= 15 is 0 Å². The first-order valence-corrected chi connectivity index (χ1v) is 7.11. The number of nitrogens with one attached hydrogen (secondary N) is 1. The number of alkyl halides is 1. The zero-order valence-corrected chi connectivity index (χ0v) is 12.2. The van der Waals surface area contributed by atoms with Crippen molar-refractivity contribution >= 4 is 28.4 Å². The predicted molar refractivity (Wildman–Crippen MR) is 79.2 cm³/mol. The van der Waals surface area contributed by atoms with Crippen LogP contribution in [0.3, 0.4) is 0 Å². The van der Waals surface area contributed by atoms with Gasteiger partial charge >= 0.3 is 0 Å². The van der Waals surface area contributed by atoms with Crippen molar-refractivity contribution in [1.29, 1.82) is 0 Å². The average molecular weight is 296 g/mol. The van der Waals surface area contributed by atoms with Crippen molar-refractivity contribution in [3.63, 3.8) is 0 Å². The molecule has 1 N–H and O–H groups in total. The lowest BCUT2D eigenvalue weighted by Crippen LogP contribution is -2.26. The van der Waals surface area contributed by atoms with Gasteiger partial charge in [0.25, 0.3) is 5.91 Å². The Labute approximate surface area is 122 Å². The molecule has 0 atom stereocenters. The van der Waals surface area contributed by atoms with Crippen LogP contribution in [0.25, 0.3) is 10.9 Å². The van der Waals surface area contributed by atoms with Gasteiger partial charge in [-0.2, -0.15) is 5.10 Å². The van der Waals surface area contributed by atoms with Crippen LogP contribution in [0, 0.1) is 0 Å². The van der Waals surface area contributed by atoms with Crippen molar-refractivity contribution < 1.29 is 9.53 Å². The monoisotopic (exact) mass is 295 g/mol. The summed E-state index contributed by atoms with van der Waals surface area (Å²) in [6.07, 6.45) is 0.757. The van der Waals surface area contributed by atoms with E-state index in [1.807, 2.05) is 31.3 Å². The molecule has 6 heteroatoms. The van der Waals surface area contributed by atoms with Crippen LogP contribution < -0.4 is 5.32 Å². The topological polar surface area (TPSA) is 56.2 Å². The van der Waals surface area contributed by atoms with Crippen LogP contribution in [0.5, 0.6) is 0 Å². The predicted octanol–water partition coefficient (Wildman–Crippen LogP) is 1.95. The fourth-order valence-electron chi connectivity index (χ4n) is 2.00. The van der Waals surface area contributed by atoms with Crippen molar-refractivity contribution in [3.8, 4) is 0 Å². The smallest absolute Gasteiger partial charge is 0.272 e. The highest BCUT2D eigenvalue weighted by Gasteiger charge is 2.14. The molecule has 0 unspecified atom stereocenters. The van der Waals surface area contributed by atoms with Crippen molar-refractivity contribution in [1.82, 2.24) is 15.1 Å². The minimum Gasteiger partial charge on any atom is -0.380 e. The number of rotatable bonds is 7. The first-order valence-electron chi connectivity index (χ1n) is 6.57. The summed E-state index contributed by atoms with van der Waals surface area (Å²) in [6, 6.07) is 7.68. The Hall–Kier alpha value is -1.59. The van der Waals surface area contributed by atoms with Gasteiger partial charge in [-0.3, -0.25) is 9.48 Å². The Morgan fingerprint density at radius 1 is 1.40 bits per heavy atom. The van der Waals surface area contributed by atoms with Crippen molar-refractivity contribution in [2.24, 2.45) is 7.05 Å². The average Bonchev–Trinajstić information content (AvgIpc) is 2.80. The van der Waals surface area contributed by atoms with E-state index in [1.165, 1.54) is 0 Å². The molecule has 0 saturated carbocycles. The van der Waals surface area contributed by atoms with E-state index in [0.717, 1.165) is 17.3 Å². The van der Waals surface area contributed by atoms with Crippen LogP contribution in [-0.4, -0.2) is 41.3 Å². The van der Waals surface area contributed by atoms with E-state index in [2.05, 4.69) is 10.4 Å². The quantitative estimate of drug-likeness (QED) is 0.627. The van der Waals surface area contributed by atoms with Gasteiger partial charge in [0.2, 0.25) is 0 Å². The normalized spacial score (nSPS) is 10.9. The number of carbonyl (C=O) groups excluding carboxylic acids is 1. The number of fused-ring (bicyclic) bond motifs is 1. The summed E-state index contributed by atoms with van der Waals surface area (Å²) in [4.78, 5) is 12.1. The summed E-state index contributed by atoms with van der Waals surface area (Å²) in [7, 11) is 1.83. The zero-order chi connectivity index (χ0) is 14.4. The van der Waals surface area contributed by atoms with Crippen LogP contribution in [-0.2, 0) is 11.8 Å². The van der Waals surface area contributed by atoms with Gasteiger partial charge in [0, 0.05) is 31.5 Å². The van der Waals surface area contributed by atoms with Crippen molar-refractivity contribution in [2.75, 3.05) is 25.6 Å². The second-order valence-electron chi connectivity index (χ2n) is 4.40. The highest BCUT2D eigenvalue weighted by atomic mass is 35.5. The van der Waals surface area contributed by atoms with Crippen LogP contribution in [0.15, 0.2) is 24.3 Å². The number of aryl methyl sites for hydroxylation is 1. The molecule has 0 fully saturated rings. The van der Waals surface area contributed by atoms with Crippen molar-refractivity contribution in [3.05, 3.63) is 30.0 Å². The Morgan fingerprint density at radius 2 is 2.20 bits per heavy atom. The lowest BCUT2D eigenvalue weighted by Gasteiger charge is -2.04. The van der Waals surface area contributed by atoms with Crippen LogP contribution in [0.2, 0.25) is 0 Å². The van der Waals surface area contributed by atoms with Gasteiger partial charge in [-0.25, -0.2) is 0 Å². The number of ether oxygens (including phenoxy) is 1. The number of hydrogen-bond donors (Lipinski definition) is 1. The molecule has 20 heavy (non-hydrogen) atoms. The molecule has 0 bridgehead atoms. The lowest BCUT2D eigenvalue weighted by molar-refractivity contribution is 0.0940. The number of para-hydroxylation sites is 1. The molecule has 0 saturated heterocycles. The van der Waals surface area contributed by atoms with E-state index in [-0.39, 0.29) is 5.91 Å². The molecule has 0 aliphatic carbocycles. The molecular weight excluding hydrogens is 278 g/mol. The minimum absolute atomic E-state index is 0.154. The van der Waals surface area contributed by atoms with Crippen molar-refractivity contribution in [2.45, 2.75) is 6.42 Å². The minimum atomic E-state index is -0.154. The number of halogens is 1. The maximum absolute atomic E-state index is 12.1. The van der Waals surface area contributed by atoms with E-state index in [9.17, 15) is 4.79 Å². The molecule has 1 aromatic carbocycles. The molecular formula is C14H18ClN3O2. The number of aromatic nitrogens is 2. The second kappa shape index (κ2) is 7.26. The Bertz CT molecular complexity index is 583. The first-order chi connectivity index (χ1) is 9.74. The standard InChI is InChI=1S/C14H18ClN3O2/c1-18-12-6-3-2-5-11(12)13(17-18)14(19)16-8-4-9-20-10-7-15/h2-3,5-6H,4,7-10H2,1H3,(H,16,19). The Morgan fingerprint density at radius 3 is 3.00 bits per heavy atom. The fourth-order valence-corrected chi connectivity index (χ4v) is 2.11. The highest BCUT2D eigenvalue weighted by Crippen LogP contribution is 2.17. The van der Waals surface area contributed by atoms with Gasteiger partial charge in [0.15, 0.2) is 5.69 Å². The lowest BCUT2D eigenvalue weighted by atomic mass is 10.2. The number of benzene rings is 1. The summed E-state index contributed by atoms with van der Waals surface area (Å²) in [5.41, 5.74) is 1.41. The molecule has 5 nitrogen and oxygen atoms in total. The molecule has 0 aliphatic heterocycles. The summed E-state index contributed by atoms with van der Waals surface area (Å²) in [5, 5.41) is 7.99. The third-order valence-electron chi connectivity index (χ3n) is 2.95. The zero-order valence-electron chi connectivity index (χ0n) is 11.4. The highest BCUT2D eigenvalue weighted by molar-refractivity contribution is 6.17. The first kappa shape index (κ1) is 14.8. The third kappa shape index (κ3) is 3.49. The second-order valence-corrected chi connectivity index (χ2v) is 4.78. The molecule has 2 rings (SSSR count). The largest absolute Gasteiger partial charge is 0.380 e. The number of nitrogens with zero attached hydrogens (tertiary/aromatic N) is 2.